The normalized spacial score (nSPS) is 16.3. The molecule has 0 radical (unpaired) electrons. The molecule has 0 spiro atoms. The summed E-state index contributed by atoms with van der Waals surface area (Å²) in [5.74, 6) is -1.31. The average Bonchev–Trinajstić information content (AvgIpc) is 2.39. The van der Waals surface area contributed by atoms with Crippen LogP contribution >= 0.6 is 0 Å². The van der Waals surface area contributed by atoms with Crippen LogP contribution in [0.3, 0.4) is 0 Å². The largest absolute Gasteiger partial charge is 0.395 e. The van der Waals surface area contributed by atoms with E-state index >= 15 is 0 Å². The Balaban J connectivity index is 2.44. The Bertz CT molecular complexity index is 271. The lowest BCUT2D eigenvalue weighted by Gasteiger charge is -2.25. The van der Waals surface area contributed by atoms with Crippen LogP contribution in [-0.4, -0.2) is 59.3 Å². The monoisotopic (exact) mass is 258 g/mol. The SMILES string of the molecule is O=C(NC1CCCCC1)C(=O)N(CCO)CCO. The molecule has 0 aromatic rings. The first-order valence-electron chi connectivity index (χ1n) is 6.50. The number of carbonyl (C=O) groups is 2. The number of rotatable bonds is 5. The summed E-state index contributed by atoms with van der Waals surface area (Å²) in [4.78, 5) is 24.7. The van der Waals surface area contributed by atoms with Crippen molar-refractivity contribution in [1.82, 2.24) is 10.2 Å². The molecule has 0 heterocycles. The van der Waals surface area contributed by atoms with Crippen LogP contribution in [0, 0.1) is 0 Å². The van der Waals surface area contributed by atoms with E-state index in [0.717, 1.165) is 30.6 Å². The highest BCUT2D eigenvalue weighted by atomic mass is 16.3. The van der Waals surface area contributed by atoms with Crippen molar-refractivity contribution in [1.29, 1.82) is 0 Å². The van der Waals surface area contributed by atoms with E-state index in [9.17, 15) is 9.59 Å². The van der Waals surface area contributed by atoms with Crippen LogP contribution < -0.4 is 5.32 Å². The summed E-state index contributed by atoms with van der Waals surface area (Å²) < 4.78 is 0. The van der Waals surface area contributed by atoms with Crippen LogP contribution in [0.1, 0.15) is 32.1 Å². The van der Waals surface area contributed by atoms with Gasteiger partial charge in [0.05, 0.1) is 13.2 Å². The first-order chi connectivity index (χ1) is 8.69. The van der Waals surface area contributed by atoms with E-state index in [4.69, 9.17) is 10.2 Å². The van der Waals surface area contributed by atoms with Gasteiger partial charge in [-0.15, -0.1) is 0 Å². The Morgan fingerprint density at radius 3 is 2.11 bits per heavy atom. The Labute approximate surface area is 107 Å². The third kappa shape index (κ3) is 4.62. The molecule has 0 bridgehead atoms. The standard InChI is InChI=1S/C12H22N2O4/c15-8-6-14(7-9-16)12(18)11(17)13-10-4-2-1-3-5-10/h10,15-16H,1-9H2,(H,13,17). The smallest absolute Gasteiger partial charge is 0.312 e. The minimum absolute atomic E-state index is 0.0669. The number of hydrogen-bond donors (Lipinski definition) is 3. The minimum Gasteiger partial charge on any atom is -0.395 e. The van der Waals surface area contributed by atoms with E-state index in [2.05, 4.69) is 5.32 Å². The van der Waals surface area contributed by atoms with E-state index in [1.807, 2.05) is 0 Å². The predicted octanol–water partition coefficient (Wildman–Crippen LogP) is -0.751. The van der Waals surface area contributed by atoms with E-state index in [1.54, 1.807) is 0 Å². The summed E-state index contributed by atoms with van der Waals surface area (Å²) in [6.45, 7) is -0.306. The van der Waals surface area contributed by atoms with Crippen molar-refractivity contribution in [2.24, 2.45) is 0 Å². The highest BCUT2D eigenvalue weighted by molar-refractivity contribution is 6.35. The van der Waals surface area contributed by atoms with Gasteiger partial charge in [-0.05, 0) is 12.8 Å². The zero-order chi connectivity index (χ0) is 13.4. The lowest BCUT2D eigenvalue weighted by atomic mass is 9.95. The summed E-state index contributed by atoms with van der Waals surface area (Å²) in [5, 5.41) is 20.3. The predicted molar refractivity (Wildman–Crippen MR) is 65.8 cm³/mol. The molecule has 0 atom stereocenters. The minimum atomic E-state index is -0.677. The highest BCUT2D eigenvalue weighted by Crippen LogP contribution is 2.17. The first-order valence-corrected chi connectivity index (χ1v) is 6.50. The number of hydrogen-bond acceptors (Lipinski definition) is 4. The summed E-state index contributed by atoms with van der Waals surface area (Å²) in [6.07, 6.45) is 5.17. The van der Waals surface area contributed by atoms with Crippen molar-refractivity contribution in [3.63, 3.8) is 0 Å². The van der Waals surface area contributed by atoms with Crippen LogP contribution in [0.15, 0.2) is 0 Å². The zero-order valence-electron chi connectivity index (χ0n) is 10.6. The number of nitrogens with zero attached hydrogens (tertiary/aromatic N) is 1. The molecule has 18 heavy (non-hydrogen) atoms. The molecule has 2 amide bonds. The number of nitrogens with one attached hydrogen (secondary N) is 1. The third-order valence-electron chi connectivity index (χ3n) is 3.16. The van der Waals surface area contributed by atoms with Gasteiger partial charge < -0.3 is 20.4 Å². The van der Waals surface area contributed by atoms with Gasteiger partial charge in [0.2, 0.25) is 0 Å². The van der Waals surface area contributed by atoms with Gasteiger partial charge in [-0.3, -0.25) is 9.59 Å². The molecule has 0 aliphatic heterocycles. The van der Waals surface area contributed by atoms with E-state index < -0.39 is 11.8 Å². The Morgan fingerprint density at radius 2 is 1.61 bits per heavy atom. The topological polar surface area (TPSA) is 89.9 Å². The first kappa shape index (κ1) is 14.9. The molecule has 0 aromatic carbocycles. The van der Waals surface area contributed by atoms with Crippen molar-refractivity contribution in [3.8, 4) is 0 Å². The van der Waals surface area contributed by atoms with E-state index in [1.165, 1.54) is 6.42 Å². The van der Waals surface area contributed by atoms with Gasteiger partial charge in [0.15, 0.2) is 0 Å². The van der Waals surface area contributed by atoms with Gasteiger partial charge in [0.25, 0.3) is 0 Å². The highest BCUT2D eigenvalue weighted by Gasteiger charge is 2.24. The second-order valence-electron chi connectivity index (χ2n) is 4.55. The molecule has 0 saturated heterocycles. The van der Waals surface area contributed by atoms with Crippen molar-refractivity contribution >= 4 is 11.8 Å². The van der Waals surface area contributed by atoms with Crippen molar-refractivity contribution < 1.29 is 19.8 Å². The molecule has 3 N–H and O–H groups in total. The van der Waals surface area contributed by atoms with Gasteiger partial charge in [-0.1, -0.05) is 19.3 Å². The van der Waals surface area contributed by atoms with Gasteiger partial charge in [-0.2, -0.15) is 0 Å². The van der Waals surface area contributed by atoms with Gasteiger partial charge >= 0.3 is 11.8 Å². The van der Waals surface area contributed by atoms with Crippen LogP contribution in [0.2, 0.25) is 0 Å². The molecule has 6 nitrogen and oxygen atoms in total. The molecule has 104 valence electrons. The molecule has 1 aliphatic carbocycles. The molecule has 1 aliphatic rings. The molecule has 0 unspecified atom stereocenters. The second-order valence-corrected chi connectivity index (χ2v) is 4.55. The zero-order valence-corrected chi connectivity index (χ0v) is 10.6. The summed E-state index contributed by atoms with van der Waals surface area (Å²) in [5.41, 5.74) is 0. The maximum Gasteiger partial charge on any atom is 0.312 e. The van der Waals surface area contributed by atoms with E-state index in [0.29, 0.717) is 0 Å². The maximum atomic E-state index is 11.8. The van der Waals surface area contributed by atoms with Crippen LogP contribution in [-0.2, 0) is 9.59 Å². The molecule has 1 saturated carbocycles. The fourth-order valence-corrected chi connectivity index (χ4v) is 2.19. The Hall–Kier alpha value is -1.14. The van der Waals surface area contributed by atoms with Gasteiger partial charge in [-0.25, -0.2) is 0 Å². The third-order valence-corrected chi connectivity index (χ3v) is 3.16. The fraction of sp³-hybridized carbons (Fsp3) is 0.833. The number of carbonyl (C=O) groups excluding carboxylic acids is 2. The molecule has 1 fully saturated rings. The number of aliphatic hydroxyl groups excluding tert-OH is 2. The van der Waals surface area contributed by atoms with Crippen LogP contribution in [0.25, 0.3) is 0 Å². The summed E-state index contributed by atoms with van der Waals surface area (Å²) in [6, 6.07) is 0.0836. The van der Waals surface area contributed by atoms with Gasteiger partial charge in [0, 0.05) is 19.1 Å². The van der Waals surface area contributed by atoms with Crippen molar-refractivity contribution in [3.05, 3.63) is 0 Å². The van der Waals surface area contributed by atoms with Crippen molar-refractivity contribution in [2.45, 2.75) is 38.1 Å². The maximum absolute atomic E-state index is 11.8. The number of amides is 2. The second kappa shape index (κ2) is 8.05. The number of aliphatic hydroxyl groups is 2. The lowest BCUT2D eigenvalue weighted by molar-refractivity contribution is -0.147. The average molecular weight is 258 g/mol. The van der Waals surface area contributed by atoms with Gasteiger partial charge in [0.1, 0.15) is 0 Å². The van der Waals surface area contributed by atoms with Crippen molar-refractivity contribution in [2.75, 3.05) is 26.3 Å². The lowest BCUT2D eigenvalue weighted by Crippen LogP contribution is -2.48. The summed E-state index contributed by atoms with van der Waals surface area (Å²) in [7, 11) is 0. The Morgan fingerprint density at radius 1 is 1.06 bits per heavy atom. The van der Waals surface area contributed by atoms with E-state index in [-0.39, 0.29) is 32.3 Å². The van der Waals surface area contributed by atoms with Crippen LogP contribution in [0.4, 0.5) is 0 Å². The quantitative estimate of drug-likeness (QED) is 0.566. The molecular weight excluding hydrogens is 236 g/mol. The Kier molecular flexibility index (Phi) is 6.67. The molecule has 1 rings (SSSR count). The molecule has 0 aromatic heterocycles. The van der Waals surface area contributed by atoms with Crippen LogP contribution in [0.5, 0.6) is 0 Å². The molecule has 6 heteroatoms. The summed E-state index contributed by atoms with van der Waals surface area (Å²) >= 11 is 0. The fourth-order valence-electron chi connectivity index (χ4n) is 2.19. The molecular formula is C12H22N2O4.